The van der Waals surface area contributed by atoms with Gasteiger partial charge in [-0.05, 0) is 24.3 Å². The Morgan fingerprint density at radius 2 is 1.90 bits per heavy atom. The molecule has 0 aliphatic heterocycles. The molecule has 0 bridgehead atoms. The largest absolute Gasteiger partial charge is 0.493 e. The van der Waals surface area contributed by atoms with Crippen LogP contribution in [-0.4, -0.2) is 12.9 Å². The molecule has 2 rings (SSSR count). The maximum atomic E-state index is 7.42. The highest BCUT2D eigenvalue weighted by Crippen LogP contribution is 2.29. The lowest BCUT2D eigenvalue weighted by atomic mass is 10.2. The number of hydrogen-bond acceptors (Lipinski definition) is 3. The standard InChI is InChI=1S/C15H15BrN2O2.ClH/c1-19-14-8-10(15(17)18)6-7-13(14)20-9-11-4-2-3-5-12(11)16;/h2-8H,9H2,1H3,(H3,17,18);1H. The van der Waals surface area contributed by atoms with Crippen molar-refractivity contribution in [3.8, 4) is 11.5 Å². The number of rotatable bonds is 5. The Morgan fingerprint density at radius 1 is 1.19 bits per heavy atom. The van der Waals surface area contributed by atoms with E-state index in [2.05, 4.69) is 15.9 Å². The molecule has 0 saturated heterocycles. The van der Waals surface area contributed by atoms with Crippen LogP contribution in [0.5, 0.6) is 11.5 Å². The Kier molecular flexibility index (Phi) is 6.52. The van der Waals surface area contributed by atoms with E-state index in [4.69, 9.17) is 20.6 Å². The first-order chi connectivity index (χ1) is 9.61. The molecule has 6 heteroatoms. The number of hydrogen-bond donors (Lipinski definition) is 2. The number of nitrogens with one attached hydrogen (secondary N) is 1. The summed E-state index contributed by atoms with van der Waals surface area (Å²) >= 11 is 3.48. The molecule has 0 heterocycles. The van der Waals surface area contributed by atoms with E-state index in [1.165, 1.54) is 0 Å². The molecule has 3 N–H and O–H groups in total. The predicted octanol–water partition coefficient (Wildman–Crippen LogP) is 3.74. The van der Waals surface area contributed by atoms with Gasteiger partial charge in [0, 0.05) is 15.6 Å². The molecule has 0 radical (unpaired) electrons. The summed E-state index contributed by atoms with van der Waals surface area (Å²) in [5.41, 5.74) is 7.11. The quantitative estimate of drug-likeness (QED) is 0.621. The van der Waals surface area contributed by atoms with E-state index in [9.17, 15) is 0 Å². The van der Waals surface area contributed by atoms with Crippen molar-refractivity contribution in [1.82, 2.24) is 0 Å². The minimum absolute atomic E-state index is 0. The molecule has 112 valence electrons. The van der Waals surface area contributed by atoms with Gasteiger partial charge in [0.15, 0.2) is 11.5 Å². The lowest BCUT2D eigenvalue weighted by Gasteiger charge is -2.12. The van der Waals surface area contributed by atoms with Gasteiger partial charge in [-0.2, -0.15) is 0 Å². The van der Waals surface area contributed by atoms with Crippen molar-refractivity contribution < 1.29 is 9.47 Å². The number of benzene rings is 2. The third kappa shape index (κ3) is 4.37. The second-order valence-corrected chi connectivity index (χ2v) is 5.01. The Hall–Kier alpha value is -1.72. The topological polar surface area (TPSA) is 68.3 Å². The molecule has 0 amide bonds. The Morgan fingerprint density at radius 3 is 2.52 bits per heavy atom. The van der Waals surface area contributed by atoms with E-state index in [0.29, 0.717) is 23.7 Å². The zero-order chi connectivity index (χ0) is 14.5. The van der Waals surface area contributed by atoms with Gasteiger partial charge in [0.2, 0.25) is 0 Å². The number of nitrogens with two attached hydrogens (primary N) is 1. The first-order valence-corrected chi connectivity index (χ1v) is 6.79. The van der Waals surface area contributed by atoms with Gasteiger partial charge >= 0.3 is 0 Å². The normalized spacial score (nSPS) is 9.62. The molecule has 0 aliphatic carbocycles. The van der Waals surface area contributed by atoms with Gasteiger partial charge in [-0.15, -0.1) is 12.4 Å². The number of ether oxygens (including phenoxy) is 2. The van der Waals surface area contributed by atoms with Crippen LogP contribution in [0.2, 0.25) is 0 Å². The highest BCUT2D eigenvalue weighted by Gasteiger charge is 2.08. The Labute approximate surface area is 138 Å². The van der Waals surface area contributed by atoms with Gasteiger partial charge in [-0.3, -0.25) is 5.41 Å². The fraction of sp³-hybridized carbons (Fsp3) is 0.133. The molecule has 4 nitrogen and oxygen atoms in total. The van der Waals surface area contributed by atoms with Crippen LogP contribution < -0.4 is 15.2 Å². The maximum absolute atomic E-state index is 7.42. The van der Waals surface area contributed by atoms with E-state index >= 15 is 0 Å². The molecule has 0 aromatic heterocycles. The van der Waals surface area contributed by atoms with E-state index in [-0.39, 0.29) is 18.2 Å². The van der Waals surface area contributed by atoms with Crippen LogP contribution in [0.3, 0.4) is 0 Å². The predicted molar refractivity (Wildman–Crippen MR) is 89.7 cm³/mol. The molecule has 21 heavy (non-hydrogen) atoms. The fourth-order valence-corrected chi connectivity index (χ4v) is 2.12. The zero-order valence-electron chi connectivity index (χ0n) is 11.4. The lowest BCUT2D eigenvalue weighted by Crippen LogP contribution is -2.11. The minimum atomic E-state index is 0. The van der Waals surface area contributed by atoms with Crippen LogP contribution in [0, 0.1) is 5.41 Å². The van der Waals surface area contributed by atoms with Crippen LogP contribution >= 0.6 is 28.3 Å². The van der Waals surface area contributed by atoms with E-state index in [1.54, 1.807) is 25.3 Å². The molecule has 0 saturated carbocycles. The van der Waals surface area contributed by atoms with Gasteiger partial charge < -0.3 is 15.2 Å². The monoisotopic (exact) mass is 370 g/mol. The first kappa shape index (κ1) is 17.3. The average molecular weight is 372 g/mol. The molecule has 0 atom stereocenters. The van der Waals surface area contributed by atoms with Gasteiger partial charge in [0.1, 0.15) is 12.4 Å². The fourth-order valence-electron chi connectivity index (χ4n) is 1.73. The first-order valence-electron chi connectivity index (χ1n) is 6.00. The van der Waals surface area contributed by atoms with Crippen molar-refractivity contribution in [2.24, 2.45) is 5.73 Å². The highest BCUT2D eigenvalue weighted by molar-refractivity contribution is 9.10. The summed E-state index contributed by atoms with van der Waals surface area (Å²) in [7, 11) is 1.56. The second kappa shape index (κ2) is 7.90. The summed E-state index contributed by atoms with van der Waals surface area (Å²) in [6.07, 6.45) is 0. The Bertz CT molecular complexity index is 635. The molecule has 0 unspecified atom stereocenters. The summed E-state index contributed by atoms with van der Waals surface area (Å²) in [5, 5.41) is 7.42. The van der Waals surface area contributed by atoms with Crippen molar-refractivity contribution >= 4 is 34.2 Å². The number of methoxy groups -OCH3 is 1. The molecular formula is C15H16BrClN2O2. The summed E-state index contributed by atoms with van der Waals surface area (Å²) in [6, 6.07) is 13.1. The van der Waals surface area contributed by atoms with Gasteiger partial charge in [-0.25, -0.2) is 0 Å². The molecule has 0 aliphatic rings. The number of nitrogen functional groups attached to an aromatic ring is 1. The van der Waals surface area contributed by atoms with Crippen molar-refractivity contribution in [1.29, 1.82) is 5.41 Å². The van der Waals surface area contributed by atoms with Crippen LogP contribution in [-0.2, 0) is 6.61 Å². The van der Waals surface area contributed by atoms with Crippen molar-refractivity contribution in [2.45, 2.75) is 6.61 Å². The SMILES string of the molecule is COc1cc(C(=N)N)ccc1OCc1ccccc1Br.Cl. The minimum Gasteiger partial charge on any atom is -0.493 e. The third-order valence-electron chi connectivity index (χ3n) is 2.82. The van der Waals surface area contributed by atoms with Crippen LogP contribution in [0.15, 0.2) is 46.9 Å². The van der Waals surface area contributed by atoms with Crippen molar-refractivity contribution in [3.05, 3.63) is 58.1 Å². The highest BCUT2D eigenvalue weighted by atomic mass is 79.9. The van der Waals surface area contributed by atoms with Gasteiger partial charge in [0.05, 0.1) is 7.11 Å². The van der Waals surface area contributed by atoms with Gasteiger partial charge in [0.25, 0.3) is 0 Å². The summed E-state index contributed by atoms with van der Waals surface area (Å²) in [5.74, 6) is 1.18. The van der Waals surface area contributed by atoms with Gasteiger partial charge in [-0.1, -0.05) is 34.1 Å². The molecule has 0 spiro atoms. The van der Waals surface area contributed by atoms with Crippen LogP contribution in [0.4, 0.5) is 0 Å². The number of halogens is 2. The summed E-state index contributed by atoms with van der Waals surface area (Å²) in [4.78, 5) is 0. The zero-order valence-corrected chi connectivity index (χ0v) is 13.8. The van der Waals surface area contributed by atoms with E-state index in [0.717, 1.165) is 10.0 Å². The third-order valence-corrected chi connectivity index (χ3v) is 3.59. The molecule has 2 aromatic rings. The molecular weight excluding hydrogens is 356 g/mol. The average Bonchev–Trinajstić information content (AvgIpc) is 2.46. The van der Waals surface area contributed by atoms with Crippen LogP contribution in [0.25, 0.3) is 0 Å². The number of amidine groups is 1. The smallest absolute Gasteiger partial charge is 0.161 e. The molecule has 0 fully saturated rings. The summed E-state index contributed by atoms with van der Waals surface area (Å²) < 4.78 is 12.0. The Balaban J connectivity index is 0.00000220. The molecule has 2 aromatic carbocycles. The van der Waals surface area contributed by atoms with Crippen molar-refractivity contribution in [3.63, 3.8) is 0 Å². The van der Waals surface area contributed by atoms with Crippen LogP contribution in [0.1, 0.15) is 11.1 Å². The maximum Gasteiger partial charge on any atom is 0.161 e. The van der Waals surface area contributed by atoms with E-state index in [1.807, 2.05) is 24.3 Å². The second-order valence-electron chi connectivity index (χ2n) is 4.16. The summed E-state index contributed by atoms with van der Waals surface area (Å²) in [6.45, 7) is 0.428. The lowest BCUT2D eigenvalue weighted by molar-refractivity contribution is 0.284. The van der Waals surface area contributed by atoms with E-state index < -0.39 is 0 Å². The van der Waals surface area contributed by atoms with Crippen molar-refractivity contribution in [2.75, 3.05) is 7.11 Å².